The van der Waals surface area contributed by atoms with E-state index in [1.54, 1.807) is 12.1 Å². The van der Waals surface area contributed by atoms with E-state index in [1.807, 2.05) is 11.8 Å². The molecule has 2 N–H and O–H groups in total. The number of carbonyl (C=O) groups is 1. The molecule has 0 atom stereocenters. The first-order valence-corrected chi connectivity index (χ1v) is 6.24. The predicted molar refractivity (Wildman–Crippen MR) is 71.5 cm³/mol. The quantitative estimate of drug-likeness (QED) is 0.843. The molecule has 1 aromatic heterocycles. The van der Waals surface area contributed by atoms with Gasteiger partial charge in [0, 0.05) is 6.54 Å². The molecule has 106 valence electrons. The monoisotopic (exact) mass is 277 g/mol. The molecule has 1 amide bonds. The van der Waals surface area contributed by atoms with Crippen LogP contribution in [0.3, 0.4) is 0 Å². The van der Waals surface area contributed by atoms with Crippen LogP contribution in [-0.2, 0) is 11.3 Å². The molecular weight excluding hydrogens is 261 g/mol. The summed E-state index contributed by atoms with van der Waals surface area (Å²) in [7, 11) is 0. The van der Waals surface area contributed by atoms with Gasteiger partial charge in [0.1, 0.15) is 24.2 Å². The summed E-state index contributed by atoms with van der Waals surface area (Å²) in [6, 6.07) is 4.86. The third kappa shape index (κ3) is 3.39. The standard InChI is InChI=1S/C13H16FN5O/c1-2-18(7-13(15)20)6-10-3-4-12(11(14)5-10)19-9-16-8-17-19/h3-5,8-9H,2,6-7H2,1H3,(H2,15,20). The number of hydrogen-bond acceptors (Lipinski definition) is 4. The SMILES string of the molecule is CCN(CC(N)=O)Cc1ccc(-n2cncn2)c(F)c1. The fraction of sp³-hybridized carbons (Fsp3) is 0.308. The summed E-state index contributed by atoms with van der Waals surface area (Å²) >= 11 is 0. The molecule has 0 radical (unpaired) electrons. The van der Waals surface area contributed by atoms with Gasteiger partial charge in [-0.3, -0.25) is 9.69 Å². The summed E-state index contributed by atoms with van der Waals surface area (Å²) in [5.41, 5.74) is 6.28. The Labute approximate surface area is 116 Å². The molecule has 0 aliphatic rings. The van der Waals surface area contributed by atoms with Crippen LogP contribution in [0.25, 0.3) is 5.69 Å². The number of amides is 1. The van der Waals surface area contributed by atoms with Crippen LogP contribution in [0.1, 0.15) is 12.5 Å². The molecule has 20 heavy (non-hydrogen) atoms. The zero-order valence-electron chi connectivity index (χ0n) is 11.2. The molecule has 1 aromatic carbocycles. The van der Waals surface area contributed by atoms with E-state index in [9.17, 15) is 9.18 Å². The van der Waals surface area contributed by atoms with E-state index in [1.165, 1.54) is 23.4 Å². The zero-order valence-corrected chi connectivity index (χ0v) is 11.2. The largest absolute Gasteiger partial charge is 0.369 e. The van der Waals surface area contributed by atoms with Gasteiger partial charge in [0.25, 0.3) is 0 Å². The van der Waals surface area contributed by atoms with Crippen molar-refractivity contribution in [1.29, 1.82) is 0 Å². The van der Waals surface area contributed by atoms with Gasteiger partial charge in [0.15, 0.2) is 0 Å². The van der Waals surface area contributed by atoms with Crippen molar-refractivity contribution >= 4 is 5.91 Å². The maximum Gasteiger partial charge on any atom is 0.231 e. The second kappa shape index (κ2) is 6.25. The highest BCUT2D eigenvalue weighted by molar-refractivity contribution is 5.75. The van der Waals surface area contributed by atoms with E-state index in [2.05, 4.69) is 10.1 Å². The lowest BCUT2D eigenvalue weighted by Crippen LogP contribution is -2.33. The maximum absolute atomic E-state index is 14.0. The highest BCUT2D eigenvalue weighted by atomic mass is 19.1. The Morgan fingerprint density at radius 3 is 2.85 bits per heavy atom. The highest BCUT2D eigenvalue weighted by Gasteiger charge is 2.10. The number of likely N-dealkylation sites (N-methyl/N-ethyl adjacent to an activating group) is 1. The van der Waals surface area contributed by atoms with Crippen LogP contribution in [0.4, 0.5) is 4.39 Å². The number of nitrogens with zero attached hydrogens (tertiary/aromatic N) is 4. The number of halogens is 1. The molecule has 0 saturated heterocycles. The van der Waals surface area contributed by atoms with E-state index in [0.29, 0.717) is 18.8 Å². The van der Waals surface area contributed by atoms with Crippen LogP contribution in [-0.4, -0.2) is 38.7 Å². The molecule has 0 fully saturated rings. The zero-order chi connectivity index (χ0) is 14.5. The second-order valence-electron chi connectivity index (χ2n) is 4.40. The lowest BCUT2D eigenvalue weighted by atomic mass is 10.2. The summed E-state index contributed by atoms with van der Waals surface area (Å²) in [6.07, 6.45) is 2.78. The lowest BCUT2D eigenvalue weighted by molar-refractivity contribution is -0.119. The van der Waals surface area contributed by atoms with E-state index in [4.69, 9.17) is 5.73 Å². The van der Waals surface area contributed by atoms with Crippen molar-refractivity contribution in [3.8, 4) is 5.69 Å². The number of hydrogen-bond donors (Lipinski definition) is 1. The Balaban J connectivity index is 2.14. The second-order valence-corrected chi connectivity index (χ2v) is 4.40. The summed E-state index contributed by atoms with van der Waals surface area (Å²) in [6.45, 7) is 3.20. The van der Waals surface area contributed by atoms with Gasteiger partial charge in [-0.2, -0.15) is 5.10 Å². The molecule has 0 saturated carbocycles. The topological polar surface area (TPSA) is 77.0 Å². The van der Waals surface area contributed by atoms with Crippen LogP contribution in [0, 0.1) is 5.82 Å². The van der Waals surface area contributed by atoms with Crippen molar-refractivity contribution in [2.45, 2.75) is 13.5 Å². The van der Waals surface area contributed by atoms with Crippen LogP contribution < -0.4 is 5.73 Å². The number of aromatic nitrogens is 3. The first-order chi connectivity index (χ1) is 9.60. The van der Waals surface area contributed by atoms with Gasteiger partial charge < -0.3 is 5.73 Å². The molecule has 0 aliphatic carbocycles. The van der Waals surface area contributed by atoms with Crippen molar-refractivity contribution in [2.75, 3.05) is 13.1 Å². The van der Waals surface area contributed by atoms with Crippen LogP contribution in [0.2, 0.25) is 0 Å². The third-order valence-corrected chi connectivity index (χ3v) is 2.91. The minimum absolute atomic E-state index is 0.156. The predicted octanol–water partition coefficient (Wildman–Crippen LogP) is 0.714. The Hall–Kier alpha value is -2.28. The number of carbonyl (C=O) groups excluding carboxylic acids is 1. The van der Waals surface area contributed by atoms with Crippen molar-refractivity contribution < 1.29 is 9.18 Å². The van der Waals surface area contributed by atoms with Crippen molar-refractivity contribution in [3.05, 3.63) is 42.2 Å². The molecule has 2 aromatic rings. The number of rotatable bonds is 6. The Morgan fingerprint density at radius 2 is 2.30 bits per heavy atom. The van der Waals surface area contributed by atoms with Crippen LogP contribution in [0.15, 0.2) is 30.9 Å². The summed E-state index contributed by atoms with van der Waals surface area (Å²) in [5, 5.41) is 3.89. The minimum atomic E-state index is -0.397. The fourth-order valence-corrected chi connectivity index (χ4v) is 1.93. The minimum Gasteiger partial charge on any atom is -0.369 e. The third-order valence-electron chi connectivity index (χ3n) is 2.91. The van der Waals surface area contributed by atoms with Gasteiger partial charge in [-0.1, -0.05) is 13.0 Å². The highest BCUT2D eigenvalue weighted by Crippen LogP contribution is 2.15. The summed E-state index contributed by atoms with van der Waals surface area (Å²) < 4.78 is 15.4. The molecule has 0 spiro atoms. The first kappa shape index (κ1) is 14.1. The van der Waals surface area contributed by atoms with E-state index >= 15 is 0 Å². The van der Waals surface area contributed by atoms with Gasteiger partial charge in [-0.05, 0) is 24.2 Å². The summed E-state index contributed by atoms with van der Waals surface area (Å²) in [5.74, 6) is -0.783. The van der Waals surface area contributed by atoms with Crippen LogP contribution in [0.5, 0.6) is 0 Å². The first-order valence-electron chi connectivity index (χ1n) is 6.24. The van der Waals surface area contributed by atoms with Gasteiger partial charge in [-0.25, -0.2) is 14.1 Å². The fourth-order valence-electron chi connectivity index (χ4n) is 1.93. The molecule has 0 unspecified atom stereocenters. The molecular formula is C13H16FN5O. The smallest absolute Gasteiger partial charge is 0.231 e. The molecule has 6 nitrogen and oxygen atoms in total. The average molecular weight is 277 g/mol. The Morgan fingerprint density at radius 1 is 1.50 bits per heavy atom. The van der Waals surface area contributed by atoms with Crippen molar-refractivity contribution in [3.63, 3.8) is 0 Å². The van der Waals surface area contributed by atoms with E-state index in [0.717, 1.165) is 5.56 Å². The van der Waals surface area contributed by atoms with Gasteiger partial charge in [-0.15, -0.1) is 0 Å². The average Bonchev–Trinajstić information content (AvgIpc) is 2.91. The van der Waals surface area contributed by atoms with Gasteiger partial charge >= 0.3 is 0 Å². The molecule has 1 heterocycles. The van der Waals surface area contributed by atoms with Gasteiger partial charge in [0.05, 0.1) is 6.54 Å². The number of benzene rings is 1. The molecule has 7 heteroatoms. The normalized spacial score (nSPS) is 10.9. The molecule has 2 rings (SSSR count). The van der Waals surface area contributed by atoms with Gasteiger partial charge in [0.2, 0.25) is 5.91 Å². The van der Waals surface area contributed by atoms with Crippen molar-refractivity contribution in [1.82, 2.24) is 19.7 Å². The number of primary amides is 1. The number of nitrogens with two attached hydrogens (primary N) is 1. The molecule has 0 aliphatic heterocycles. The van der Waals surface area contributed by atoms with E-state index < -0.39 is 5.91 Å². The Bertz CT molecular complexity index is 584. The Kier molecular flexibility index (Phi) is 4.41. The lowest BCUT2D eigenvalue weighted by Gasteiger charge is -2.18. The van der Waals surface area contributed by atoms with Crippen molar-refractivity contribution in [2.24, 2.45) is 5.73 Å². The summed E-state index contributed by atoms with van der Waals surface area (Å²) in [4.78, 5) is 16.5. The molecule has 0 bridgehead atoms. The van der Waals surface area contributed by atoms with E-state index in [-0.39, 0.29) is 12.4 Å². The maximum atomic E-state index is 14.0. The van der Waals surface area contributed by atoms with Crippen LogP contribution >= 0.6 is 0 Å².